The van der Waals surface area contributed by atoms with E-state index in [1.807, 2.05) is 43.3 Å². The lowest BCUT2D eigenvalue weighted by Gasteiger charge is -2.14. The van der Waals surface area contributed by atoms with Crippen LogP contribution >= 0.6 is 0 Å². The van der Waals surface area contributed by atoms with E-state index in [9.17, 15) is 5.11 Å². The van der Waals surface area contributed by atoms with E-state index in [0.717, 1.165) is 27.6 Å². The second-order valence-electron chi connectivity index (χ2n) is 4.62. The Kier molecular flexibility index (Phi) is 2.97. The fraction of sp³-hybridized carbons (Fsp3) is 0.125. The summed E-state index contributed by atoms with van der Waals surface area (Å²) in [6.07, 6.45) is 4.56. The van der Waals surface area contributed by atoms with Gasteiger partial charge < -0.3 is 5.11 Å². The maximum Gasteiger partial charge on any atom is 0.106 e. The van der Waals surface area contributed by atoms with E-state index in [1.54, 1.807) is 18.6 Å². The number of fused-ring (bicyclic) bond motifs is 1. The van der Waals surface area contributed by atoms with Crippen molar-refractivity contribution in [2.75, 3.05) is 0 Å². The highest BCUT2D eigenvalue weighted by molar-refractivity contribution is 5.82. The Bertz CT molecular complexity index is 719. The molecular formula is C16H14N2O. The van der Waals surface area contributed by atoms with Gasteiger partial charge in [0.15, 0.2) is 0 Å². The SMILES string of the molecule is Cc1cncc(C(O)c2cccc3ncccc23)c1. The van der Waals surface area contributed by atoms with Crippen LogP contribution in [0.25, 0.3) is 10.9 Å². The lowest BCUT2D eigenvalue weighted by atomic mass is 9.98. The third-order valence-corrected chi connectivity index (χ3v) is 3.19. The van der Waals surface area contributed by atoms with E-state index in [1.165, 1.54) is 0 Å². The van der Waals surface area contributed by atoms with E-state index in [2.05, 4.69) is 9.97 Å². The second-order valence-corrected chi connectivity index (χ2v) is 4.62. The van der Waals surface area contributed by atoms with Gasteiger partial charge in [-0.2, -0.15) is 0 Å². The van der Waals surface area contributed by atoms with Crippen molar-refractivity contribution in [3.63, 3.8) is 0 Å². The van der Waals surface area contributed by atoms with Crippen molar-refractivity contribution in [2.45, 2.75) is 13.0 Å². The summed E-state index contributed by atoms with van der Waals surface area (Å²) in [6.45, 7) is 1.97. The molecule has 0 aliphatic rings. The quantitative estimate of drug-likeness (QED) is 0.760. The molecule has 1 N–H and O–H groups in total. The Morgan fingerprint density at radius 3 is 2.84 bits per heavy atom. The summed E-state index contributed by atoms with van der Waals surface area (Å²) in [5, 5.41) is 11.5. The Labute approximate surface area is 111 Å². The van der Waals surface area contributed by atoms with Crippen LogP contribution in [-0.4, -0.2) is 15.1 Å². The molecular weight excluding hydrogens is 236 g/mol. The summed E-state index contributed by atoms with van der Waals surface area (Å²) in [4.78, 5) is 8.44. The zero-order valence-electron chi connectivity index (χ0n) is 10.6. The number of nitrogens with zero attached hydrogens (tertiary/aromatic N) is 2. The lowest BCUT2D eigenvalue weighted by molar-refractivity contribution is 0.221. The van der Waals surface area contributed by atoms with Crippen LogP contribution in [-0.2, 0) is 0 Å². The van der Waals surface area contributed by atoms with E-state index in [4.69, 9.17) is 0 Å². The molecule has 0 aliphatic heterocycles. The van der Waals surface area contributed by atoms with Gasteiger partial charge in [0.25, 0.3) is 0 Å². The molecule has 94 valence electrons. The third kappa shape index (κ3) is 2.20. The number of rotatable bonds is 2. The van der Waals surface area contributed by atoms with Crippen LogP contribution in [0.5, 0.6) is 0 Å². The molecule has 3 rings (SSSR count). The van der Waals surface area contributed by atoms with Gasteiger partial charge in [-0.3, -0.25) is 9.97 Å². The zero-order chi connectivity index (χ0) is 13.2. The van der Waals surface area contributed by atoms with Gasteiger partial charge in [-0.1, -0.05) is 24.3 Å². The van der Waals surface area contributed by atoms with Gasteiger partial charge in [-0.05, 0) is 30.2 Å². The van der Waals surface area contributed by atoms with Gasteiger partial charge in [0.2, 0.25) is 0 Å². The standard InChI is InChI=1S/C16H14N2O/c1-11-8-12(10-17-9-11)16(19)14-4-2-6-15-13(14)5-3-7-18-15/h2-10,16,19H,1H3. The van der Waals surface area contributed by atoms with Crippen LogP contribution in [0, 0.1) is 6.92 Å². The van der Waals surface area contributed by atoms with Crippen molar-refractivity contribution in [1.29, 1.82) is 0 Å². The maximum absolute atomic E-state index is 10.5. The van der Waals surface area contributed by atoms with E-state index in [0.29, 0.717) is 0 Å². The number of aliphatic hydroxyl groups is 1. The van der Waals surface area contributed by atoms with E-state index < -0.39 is 6.10 Å². The molecule has 1 aromatic carbocycles. The molecule has 0 aliphatic carbocycles. The molecule has 3 nitrogen and oxygen atoms in total. The van der Waals surface area contributed by atoms with E-state index >= 15 is 0 Å². The van der Waals surface area contributed by atoms with E-state index in [-0.39, 0.29) is 0 Å². The molecule has 19 heavy (non-hydrogen) atoms. The second kappa shape index (κ2) is 4.78. The van der Waals surface area contributed by atoms with Crippen LogP contribution < -0.4 is 0 Å². The van der Waals surface area contributed by atoms with Crippen LogP contribution in [0.1, 0.15) is 22.8 Å². The smallest absolute Gasteiger partial charge is 0.106 e. The topological polar surface area (TPSA) is 46.0 Å². The predicted molar refractivity (Wildman–Crippen MR) is 74.8 cm³/mol. The first kappa shape index (κ1) is 11.8. The molecule has 0 fully saturated rings. The Morgan fingerprint density at radius 2 is 2.00 bits per heavy atom. The van der Waals surface area contributed by atoms with Crippen molar-refractivity contribution < 1.29 is 5.11 Å². The Balaban J connectivity index is 2.14. The Hall–Kier alpha value is -2.26. The molecule has 2 aromatic heterocycles. The summed E-state index contributed by atoms with van der Waals surface area (Å²) in [7, 11) is 0. The fourth-order valence-corrected chi connectivity index (χ4v) is 2.27. The molecule has 2 heterocycles. The predicted octanol–water partition coefficient (Wildman–Crippen LogP) is 3.02. The van der Waals surface area contributed by atoms with Crippen LogP contribution in [0.2, 0.25) is 0 Å². The first-order valence-corrected chi connectivity index (χ1v) is 6.19. The molecule has 1 unspecified atom stereocenters. The lowest BCUT2D eigenvalue weighted by Crippen LogP contribution is -2.01. The first-order chi connectivity index (χ1) is 9.25. The number of aryl methyl sites for hydroxylation is 1. The van der Waals surface area contributed by atoms with Crippen molar-refractivity contribution in [3.8, 4) is 0 Å². The molecule has 0 radical (unpaired) electrons. The number of hydrogen-bond acceptors (Lipinski definition) is 3. The molecule has 0 bridgehead atoms. The fourth-order valence-electron chi connectivity index (χ4n) is 2.27. The largest absolute Gasteiger partial charge is 0.384 e. The average Bonchev–Trinajstić information content (AvgIpc) is 2.46. The van der Waals surface area contributed by atoms with Crippen LogP contribution in [0.15, 0.2) is 55.0 Å². The summed E-state index contributed by atoms with van der Waals surface area (Å²) in [6, 6.07) is 11.6. The Morgan fingerprint density at radius 1 is 1.11 bits per heavy atom. The van der Waals surface area contributed by atoms with Gasteiger partial charge in [0, 0.05) is 29.5 Å². The first-order valence-electron chi connectivity index (χ1n) is 6.19. The highest BCUT2D eigenvalue weighted by Crippen LogP contribution is 2.27. The zero-order valence-corrected chi connectivity index (χ0v) is 10.6. The minimum absolute atomic E-state index is 0.680. The molecule has 0 spiro atoms. The number of hydrogen-bond donors (Lipinski definition) is 1. The van der Waals surface area contributed by atoms with Gasteiger partial charge in [-0.15, -0.1) is 0 Å². The highest BCUT2D eigenvalue weighted by Gasteiger charge is 2.14. The van der Waals surface area contributed by atoms with Gasteiger partial charge in [-0.25, -0.2) is 0 Å². The molecule has 0 amide bonds. The highest BCUT2D eigenvalue weighted by atomic mass is 16.3. The average molecular weight is 250 g/mol. The number of pyridine rings is 2. The summed E-state index contributed by atoms with van der Waals surface area (Å²) in [5.41, 5.74) is 3.59. The summed E-state index contributed by atoms with van der Waals surface area (Å²) < 4.78 is 0. The maximum atomic E-state index is 10.5. The van der Waals surface area contributed by atoms with Gasteiger partial charge >= 0.3 is 0 Å². The van der Waals surface area contributed by atoms with Crippen LogP contribution in [0.4, 0.5) is 0 Å². The molecule has 3 aromatic rings. The normalized spacial score (nSPS) is 12.5. The minimum Gasteiger partial charge on any atom is -0.384 e. The number of aromatic nitrogens is 2. The van der Waals surface area contributed by atoms with Gasteiger partial charge in [0.1, 0.15) is 6.10 Å². The van der Waals surface area contributed by atoms with Crippen LogP contribution in [0.3, 0.4) is 0 Å². The third-order valence-electron chi connectivity index (χ3n) is 3.19. The van der Waals surface area contributed by atoms with Gasteiger partial charge in [0.05, 0.1) is 5.52 Å². The minimum atomic E-state index is -0.680. The summed E-state index contributed by atoms with van der Waals surface area (Å²) in [5.74, 6) is 0. The molecule has 0 saturated carbocycles. The van der Waals surface area contributed by atoms with Crippen molar-refractivity contribution in [3.05, 3.63) is 71.7 Å². The number of aliphatic hydroxyl groups excluding tert-OH is 1. The summed E-state index contributed by atoms with van der Waals surface area (Å²) >= 11 is 0. The monoisotopic (exact) mass is 250 g/mol. The van der Waals surface area contributed by atoms with Crippen molar-refractivity contribution >= 4 is 10.9 Å². The molecule has 3 heteroatoms. The molecule has 0 saturated heterocycles. The van der Waals surface area contributed by atoms with Crippen molar-refractivity contribution in [1.82, 2.24) is 9.97 Å². The van der Waals surface area contributed by atoms with Crippen molar-refractivity contribution in [2.24, 2.45) is 0 Å². The molecule has 1 atom stereocenters. The number of benzene rings is 1.